The van der Waals surface area contributed by atoms with E-state index in [2.05, 4.69) is 39.9 Å². The molecule has 0 amide bonds. The van der Waals surface area contributed by atoms with Gasteiger partial charge in [-0.15, -0.1) is 0 Å². The Labute approximate surface area is 118 Å². The molecule has 5 unspecified atom stereocenters. The fourth-order valence-electron chi connectivity index (χ4n) is 3.73. The van der Waals surface area contributed by atoms with E-state index < -0.39 is 0 Å². The zero-order chi connectivity index (χ0) is 14.3. The number of ether oxygens (including phenoxy) is 1. The molecule has 1 aliphatic heterocycles. The van der Waals surface area contributed by atoms with Gasteiger partial charge in [0.15, 0.2) is 0 Å². The van der Waals surface area contributed by atoms with Crippen molar-refractivity contribution in [3.8, 4) is 0 Å². The zero-order valence-corrected chi connectivity index (χ0v) is 13.3. The van der Waals surface area contributed by atoms with Crippen molar-refractivity contribution in [2.75, 3.05) is 13.2 Å². The third-order valence-corrected chi connectivity index (χ3v) is 6.36. The number of nitrogens with two attached hydrogens (primary N) is 1. The summed E-state index contributed by atoms with van der Waals surface area (Å²) in [7, 11) is 0. The van der Waals surface area contributed by atoms with Crippen molar-refractivity contribution in [1.29, 1.82) is 0 Å². The molecule has 0 aromatic rings. The lowest BCUT2D eigenvalue weighted by atomic mass is 9.61. The predicted octanol–water partition coefficient (Wildman–Crippen LogP) is 2.54. The van der Waals surface area contributed by atoms with E-state index in [-0.39, 0.29) is 5.54 Å². The smallest absolute Gasteiger partial charge is 0.0726 e. The fraction of sp³-hybridized carbons (Fsp3) is 1.00. The summed E-state index contributed by atoms with van der Waals surface area (Å²) in [6.07, 6.45) is 3.85. The van der Waals surface area contributed by atoms with Gasteiger partial charge in [-0.1, -0.05) is 20.8 Å². The van der Waals surface area contributed by atoms with E-state index in [0.717, 1.165) is 19.6 Å². The Hall–Kier alpha value is -0.120. The van der Waals surface area contributed by atoms with Crippen molar-refractivity contribution in [1.82, 2.24) is 5.32 Å². The first-order valence-electron chi connectivity index (χ1n) is 7.89. The maximum atomic E-state index is 6.24. The Morgan fingerprint density at radius 1 is 1.21 bits per heavy atom. The third kappa shape index (κ3) is 2.84. The molecule has 1 saturated carbocycles. The Kier molecular flexibility index (Phi) is 4.29. The van der Waals surface area contributed by atoms with Crippen molar-refractivity contribution in [3.63, 3.8) is 0 Å². The molecule has 3 nitrogen and oxygen atoms in total. The summed E-state index contributed by atoms with van der Waals surface area (Å²) in [6.45, 7) is 13.6. The van der Waals surface area contributed by atoms with Crippen LogP contribution in [0, 0.1) is 17.3 Å². The van der Waals surface area contributed by atoms with E-state index in [4.69, 9.17) is 10.5 Å². The molecule has 0 bridgehead atoms. The lowest BCUT2D eigenvalue weighted by Gasteiger charge is -2.48. The standard InChI is InChI=1S/C16H32N2O/c1-11-14(17)7-6-13(15(11,3)4)10-18-16(5)8-9-19-12(16)2/h11-14,18H,6-10,17H2,1-5H3. The first-order valence-corrected chi connectivity index (χ1v) is 7.89. The first kappa shape index (κ1) is 15.3. The molecule has 0 spiro atoms. The van der Waals surface area contributed by atoms with E-state index in [1.54, 1.807) is 0 Å². The second-order valence-corrected chi connectivity index (χ2v) is 7.61. The largest absolute Gasteiger partial charge is 0.377 e. The Balaban J connectivity index is 1.96. The highest BCUT2D eigenvalue weighted by Gasteiger charge is 2.43. The molecule has 0 aromatic heterocycles. The molecule has 5 atom stereocenters. The van der Waals surface area contributed by atoms with E-state index in [1.807, 2.05) is 0 Å². The van der Waals surface area contributed by atoms with Crippen LogP contribution in [-0.4, -0.2) is 30.8 Å². The van der Waals surface area contributed by atoms with Gasteiger partial charge >= 0.3 is 0 Å². The fourth-order valence-corrected chi connectivity index (χ4v) is 3.73. The first-order chi connectivity index (χ1) is 8.77. The minimum absolute atomic E-state index is 0.152. The maximum Gasteiger partial charge on any atom is 0.0726 e. The highest BCUT2D eigenvalue weighted by atomic mass is 16.5. The second-order valence-electron chi connectivity index (χ2n) is 7.61. The Morgan fingerprint density at radius 3 is 2.47 bits per heavy atom. The van der Waals surface area contributed by atoms with Crippen LogP contribution in [0.15, 0.2) is 0 Å². The summed E-state index contributed by atoms with van der Waals surface area (Å²) < 4.78 is 5.72. The van der Waals surface area contributed by atoms with Crippen LogP contribution in [0.5, 0.6) is 0 Å². The van der Waals surface area contributed by atoms with Crippen LogP contribution in [0.3, 0.4) is 0 Å². The highest BCUT2D eigenvalue weighted by Crippen LogP contribution is 2.44. The average Bonchev–Trinajstić information content (AvgIpc) is 2.66. The van der Waals surface area contributed by atoms with Gasteiger partial charge in [-0.3, -0.25) is 0 Å². The summed E-state index contributed by atoms with van der Waals surface area (Å²) in [6, 6.07) is 0.371. The van der Waals surface area contributed by atoms with Gasteiger partial charge in [-0.2, -0.15) is 0 Å². The van der Waals surface area contributed by atoms with Gasteiger partial charge in [0.1, 0.15) is 0 Å². The van der Waals surface area contributed by atoms with E-state index >= 15 is 0 Å². The topological polar surface area (TPSA) is 47.3 Å². The van der Waals surface area contributed by atoms with E-state index in [0.29, 0.717) is 29.4 Å². The molecular weight excluding hydrogens is 236 g/mol. The van der Waals surface area contributed by atoms with Crippen LogP contribution in [-0.2, 0) is 4.74 Å². The monoisotopic (exact) mass is 268 g/mol. The molecule has 1 saturated heterocycles. The van der Waals surface area contributed by atoms with Crippen LogP contribution in [0.1, 0.15) is 53.9 Å². The molecule has 3 N–H and O–H groups in total. The molecule has 1 aliphatic carbocycles. The quantitative estimate of drug-likeness (QED) is 0.827. The van der Waals surface area contributed by atoms with Crippen LogP contribution < -0.4 is 11.1 Å². The molecule has 0 radical (unpaired) electrons. The number of hydrogen-bond acceptors (Lipinski definition) is 3. The van der Waals surface area contributed by atoms with Gasteiger partial charge in [-0.05, 0) is 56.9 Å². The van der Waals surface area contributed by atoms with Crippen LogP contribution >= 0.6 is 0 Å². The molecule has 2 rings (SSSR count). The van der Waals surface area contributed by atoms with Crippen molar-refractivity contribution >= 4 is 0 Å². The van der Waals surface area contributed by atoms with Gasteiger partial charge in [0.2, 0.25) is 0 Å². The molecule has 1 heterocycles. The van der Waals surface area contributed by atoms with Gasteiger partial charge in [-0.25, -0.2) is 0 Å². The predicted molar refractivity (Wildman–Crippen MR) is 80.1 cm³/mol. The van der Waals surface area contributed by atoms with Crippen molar-refractivity contribution in [3.05, 3.63) is 0 Å². The SMILES string of the molecule is CC1OCCC1(C)NCC1CCC(N)C(C)C1(C)C. The second kappa shape index (κ2) is 5.34. The lowest BCUT2D eigenvalue weighted by Crippen LogP contribution is -2.54. The highest BCUT2D eigenvalue weighted by molar-refractivity contribution is 4.98. The maximum absolute atomic E-state index is 6.24. The van der Waals surface area contributed by atoms with Crippen LogP contribution in [0.4, 0.5) is 0 Å². The summed E-state index contributed by atoms with van der Waals surface area (Å²) in [5.41, 5.74) is 6.72. The zero-order valence-electron chi connectivity index (χ0n) is 13.3. The number of nitrogens with one attached hydrogen (secondary N) is 1. The van der Waals surface area contributed by atoms with Crippen molar-refractivity contribution in [2.24, 2.45) is 23.0 Å². The average molecular weight is 268 g/mol. The molecule has 19 heavy (non-hydrogen) atoms. The lowest BCUT2D eigenvalue weighted by molar-refractivity contribution is 0.0403. The van der Waals surface area contributed by atoms with E-state index in [1.165, 1.54) is 12.8 Å². The summed E-state index contributed by atoms with van der Waals surface area (Å²) in [4.78, 5) is 0. The Bertz CT molecular complexity index is 318. The molecular formula is C16H32N2O. The van der Waals surface area contributed by atoms with Gasteiger partial charge in [0.05, 0.1) is 6.10 Å². The molecule has 0 aromatic carbocycles. The van der Waals surface area contributed by atoms with Gasteiger partial charge in [0.25, 0.3) is 0 Å². The minimum atomic E-state index is 0.152. The molecule has 3 heteroatoms. The normalized spacial score (nSPS) is 46.4. The number of rotatable bonds is 3. The summed E-state index contributed by atoms with van der Waals surface area (Å²) in [5, 5.41) is 3.80. The summed E-state index contributed by atoms with van der Waals surface area (Å²) >= 11 is 0. The van der Waals surface area contributed by atoms with Gasteiger partial charge in [0, 0.05) is 18.2 Å². The van der Waals surface area contributed by atoms with Crippen molar-refractivity contribution < 1.29 is 4.74 Å². The molecule has 2 fully saturated rings. The van der Waals surface area contributed by atoms with Gasteiger partial charge < -0.3 is 15.8 Å². The van der Waals surface area contributed by atoms with Crippen molar-refractivity contribution in [2.45, 2.75) is 71.6 Å². The minimum Gasteiger partial charge on any atom is -0.377 e. The Morgan fingerprint density at radius 2 is 1.89 bits per heavy atom. The number of hydrogen-bond donors (Lipinski definition) is 2. The van der Waals surface area contributed by atoms with E-state index in [9.17, 15) is 0 Å². The third-order valence-electron chi connectivity index (χ3n) is 6.36. The van der Waals surface area contributed by atoms with Crippen LogP contribution in [0.2, 0.25) is 0 Å². The molecule has 112 valence electrons. The molecule has 2 aliphatic rings. The summed E-state index contributed by atoms with van der Waals surface area (Å²) in [5.74, 6) is 1.31. The van der Waals surface area contributed by atoms with Crippen LogP contribution in [0.25, 0.3) is 0 Å².